The van der Waals surface area contributed by atoms with E-state index in [-0.39, 0.29) is 5.91 Å². The Bertz CT molecular complexity index is 610. The third-order valence-corrected chi connectivity index (χ3v) is 3.95. The summed E-state index contributed by atoms with van der Waals surface area (Å²) in [6.07, 6.45) is 0. The van der Waals surface area contributed by atoms with Crippen LogP contribution in [0.1, 0.15) is 11.4 Å². The second-order valence-electron chi connectivity index (χ2n) is 4.52. The van der Waals surface area contributed by atoms with Crippen LogP contribution in [-0.4, -0.2) is 33.5 Å². The number of ether oxygens (including phenoxy) is 1. The van der Waals surface area contributed by atoms with Crippen LogP contribution in [0.3, 0.4) is 0 Å². The van der Waals surface area contributed by atoms with Gasteiger partial charge in [0.1, 0.15) is 12.4 Å². The lowest BCUT2D eigenvalue weighted by atomic mass is 10.2. The van der Waals surface area contributed by atoms with Crippen molar-refractivity contribution in [1.29, 1.82) is 0 Å². The zero-order valence-electron chi connectivity index (χ0n) is 12.3. The molecule has 0 aliphatic rings. The lowest BCUT2D eigenvalue weighted by molar-refractivity contribution is -0.118. The summed E-state index contributed by atoms with van der Waals surface area (Å²) in [5.41, 5.74) is 1.19. The largest absolute Gasteiger partial charge is 0.486 e. The minimum absolute atomic E-state index is 0.0412. The Morgan fingerprint density at radius 2 is 2.05 bits per heavy atom. The van der Waals surface area contributed by atoms with Crippen molar-refractivity contribution in [3.63, 3.8) is 0 Å². The van der Waals surface area contributed by atoms with Gasteiger partial charge in [0.25, 0.3) is 0 Å². The number of amides is 1. The predicted octanol–water partition coefficient (Wildman–Crippen LogP) is 1.54. The van der Waals surface area contributed by atoms with Gasteiger partial charge in [-0.05, 0) is 19.1 Å². The minimum Gasteiger partial charge on any atom is -0.486 e. The summed E-state index contributed by atoms with van der Waals surface area (Å²) in [5.74, 6) is 1.79. The number of hydrogen-bond acceptors (Lipinski definition) is 5. The fraction of sp³-hybridized carbons (Fsp3) is 0.357. The number of rotatable bonds is 6. The van der Waals surface area contributed by atoms with E-state index in [1.807, 2.05) is 42.8 Å². The number of carbonyl (C=O) groups is 1. The summed E-state index contributed by atoms with van der Waals surface area (Å²) in [6, 6.07) is 7.84. The molecule has 21 heavy (non-hydrogen) atoms. The maximum absolute atomic E-state index is 11.2. The fourth-order valence-corrected chi connectivity index (χ4v) is 2.38. The van der Waals surface area contributed by atoms with Gasteiger partial charge in [-0.2, -0.15) is 0 Å². The molecule has 0 aliphatic heterocycles. The molecule has 0 aliphatic carbocycles. The van der Waals surface area contributed by atoms with E-state index >= 15 is 0 Å². The van der Waals surface area contributed by atoms with Gasteiger partial charge in [-0.25, -0.2) is 0 Å². The van der Waals surface area contributed by atoms with Gasteiger partial charge in [-0.3, -0.25) is 4.79 Å². The highest BCUT2D eigenvalue weighted by molar-refractivity contribution is 7.99. The van der Waals surface area contributed by atoms with Crippen molar-refractivity contribution in [3.8, 4) is 5.75 Å². The van der Waals surface area contributed by atoms with Crippen molar-refractivity contribution in [2.24, 2.45) is 7.05 Å². The van der Waals surface area contributed by atoms with Crippen LogP contribution in [0.5, 0.6) is 5.75 Å². The summed E-state index contributed by atoms with van der Waals surface area (Å²) in [4.78, 5) is 11.2. The quantitative estimate of drug-likeness (QED) is 0.820. The molecule has 2 aromatic rings. The number of aryl methyl sites for hydroxylation is 1. The van der Waals surface area contributed by atoms with Crippen LogP contribution in [0, 0.1) is 6.92 Å². The van der Waals surface area contributed by atoms with Crippen LogP contribution >= 0.6 is 11.8 Å². The summed E-state index contributed by atoms with van der Waals surface area (Å²) >= 11 is 1.35. The zero-order chi connectivity index (χ0) is 15.2. The molecule has 0 saturated carbocycles. The molecule has 2 rings (SSSR count). The molecule has 1 amide bonds. The van der Waals surface area contributed by atoms with Gasteiger partial charge in [0, 0.05) is 14.1 Å². The number of benzene rings is 1. The van der Waals surface area contributed by atoms with E-state index in [0.717, 1.165) is 11.6 Å². The fourth-order valence-electron chi connectivity index (χ4n) is 1.58. The Morgan fingerprint density at radius 1 is 1.33 bits per heavy atom. The molecule has 0 radical (unpaired) electrons. The monoisotopic (exact) mass is 306 g/mol. The van der Waals surface area contributed by atoms with Crippen molar-refractivity contribution in [3.05, 3.63) is 35.7 Å². The highest BCUT2D eigenvalue weighted by Gasteiger charge is 2.11. The van der Waals surface area contributed by atoms with E-state index in [2.05, 4.69) is 15.5 Å². The van der Waals surface area contributed by atoms with Crippen LogP contribution in [-0.2, 0) is 18.4 Å². The Hall–Kier alpha value is -2.02. The van der Waals surface area contributed by atoms with Gasteiger partial charge in [-0.15, -0.1) is 10.2 Å². The lowest BCUT2D eigenvalue weighted by Crippen LogP contribution is -2.20. The zero-order valence-corrected chi connectivity index (χ0v) is 13.1. The molecular formula is C14H18N4O2S. The lowest BCUT2D eigenvalue weighted by Gasteiger charge is -2.06. The highest BCUT2D eigenvalue weighted by atomic mass is 32.2. The molecule has 1 N–H and O–H groups in total. The van der Waals surface area contributed by atoms with Crippen LogP contribution < -0.4 is 10.1 Å². The topological polar surface area (TPSA) is 69.0 Å². The number of nitrogens with zero attached hydrogens (tertiary/aromatic N) is 3. The Morgan fingerprint density at radius 3 is 2.71 bits per heavy atom. The highest BCUT2D eigenvalue weighted by Crippen LogP contribution is 2.17. The molecule has 0 bridgehead atoms. The molecule has 0 spiro atoms. The van der Waals surface area contributed by atoms with E-state index in [1.165, 1.54) is 17.3 Å². The number of thioether (sulfide) groups is 1. The van der Waals surface area contributed by atoms with Crippen LogP contribution in [0.15, 0.2) is 29.4 Å². The molecule has 112 valence electrons. The molecule has 7 heteroatoms. The molecule has 0 saturated heterocycles. The standard InChI is InChI=1S/C14H18N4O2S/c1-10-4-6-11(7-5-10)20-8-12-16-17-14(18(12)3)21-9-13(19)15-2/h4-7H,8-9H2,1-3H3,(H,15,19). The average Bonchev–Trinajstić information content (AvgIpc) is 2.85. The number of carbonyl (C=O) groups excluding carboxylic acids is 1. The molecule has 1 aromatic carbocycles. The van der Waals surface area contributed by atoms with Gasteiger partial charge in [0.2, 0.25) is 5.91 Å². The van der Waals surface area contributed by atoms with Crippen molar-refractivity contribution in [1.82, 2.24) is 20.1 Å². The van der Waals surface area contributed by atoms with Gasteiger partial charge in [0.15, 0.2) is 11.0 Å². The third kappa shape index (κ3) is 4.22. The van der Waals surface area contributed by atoms with Gasteiger partial charge >= 0.3 is 0 Å². The summed E-state index contributed by atoms with van der Waals surface area (Å²) in [6.45, 7) is 2.37. The van der Waals surface area contributed by atoms with E-state index in [4.69, 9.17) is 4.74 Å². The first kappa shape index (κ1) is 15.4. The SMILES string of the molecule is CNC(=O)CSc1nnc(COc2ccc(C)cc2)n1C. The first-order valence-electron chi connectivity index (χ1n) is 6.51. The van der Waals surface area contributed by atoms with E-state index in [0.29, 0.717) is 17.5 Å². The Labute approximate surface area is 127 Å². The summed E-state index contributed by atoms with van der Waals surface area (Å²) < 4.78 is 7.51. The summed E-state index contributed by atoms with van der Waals surface area (Å²) in [5, 5.41) is 11.4. The second-order valence-corrected chi connectivity index (χ2v) is 5.46. The van der Waals surface area contributed by atoms with Gasteiger partial charge < -0.3 is 14.6 Å². The number of hydrogen-bond donors (Lipinski definition) is 1. The van der Waals surface area contributed by atoms with E-state index in [9.17, 15) is 4.79 Å². The third-order valence-electron chi connectivity index (χ3n) is 2.93. The predicted molar refractivity (Wildman–Crippen MR) is 81.3 cm³/mol. The van der Waals surface area contributed by atoms with E-state index < -0.39 is 0 Å². The van der Waals surface area contributed by atoms with Gasteiger partial charge in [-0.1, -0.05) is 29.5 Å². The van der Waals surface area contributed by atoms with Crippen molar-refractivity contribution in [2.75, 3.05) is 12.8 Å². The molecule has 0 fully saturated rings. The van der Waals surface area contributed by atoms with Crippen LogP contribution in [0.2, 0.25) is 0 Å². The maximum Gasteiger partial charge on any atom is 0.230 e. The first-order chi connectivity index (χ1) is 10.1. The smallest absolute Gasteiger partial charge is 0.230 e. The van der Waals surface area contributed by atoms with Crippen molar-refractivity contribution < 1.29 is 9.53 Å². The molecular weight excluding hydrogens is 288 g/mol. The Balaban J connectivity index is 1.93. The normalized spacial score (nSPS) is 10.4. The molecule has 6 nitrogen and oxygen atoms in total. The van der Waals surface area contributed by atoms with Crippen LogP contribution in [0.25, 0.3) is 0 Å². The summed E-state index contributed by atoms with van der Waals surface area (Å²) in [7, 11) is 3.47. The van der Waals surface area contributed by atoms with Crippen molar-refractivity contribution >= 4 is 17.7 Å². The molecule has 1 aromatic heterocycles. The molecule has 1 heterocycles. The van der Waals surface area contributed by atoms with Gasteiger partial charge in [0.05, 0.1) is 5.75 Å². The number of aromatic nitrogens is 3. The molecule has 0 atom stereocenters. The van der Waals surface area contributed by atoms with E-state index in [1.54, 1.807) is 7.05 Å². The molecule has 0 unspecified atom stereocenters. The van der Waals surface area contributed by atoms with Crippen LogP contribution in [0.4, 0.5) is 0 Å². The average molecular weight is 306 g/mol. The minimum atomic E-state index is -0.0412. The second kappa shape index (κ2) is 7.12. The number of nitrogens with one attached hydrogen (secondary N) is 1. The Kier molecular flexibility index (Phi) is 5.21. The maximum atomic E-state index is 11.2. The van der Waals surface area contributed by atoms with Crippen molar-refractivity contribution in [2.45, 2.75) is 18.7 Å². The first-order valence-corrected chi connectivity index (χ1v) is 7.50.